The summed E-state index contributed by atoms with van der Waals surface area (Å²) in [4.78, 5) is 0. The first-order valence-electron chi connectivity index (χ1n) is 45.5. The quantitative estimate of drug-likeness (QED) is 0.136. The van der Waals surface area contributed by atoms with Crippen molar-refractivity contribution in [3.63, 3.8) is 0 Å². The van der Waals surface area contributed by atoms with Crippen molar-refractivity contribution >= 4 is 195 Å². The van der Waals surface area contributed by atoms with Crippen molar-refractivity contribution in [2.24, 2.45) is 0 Å². The Balaban J connectivity index is 0.000000102. The fraction of sp³-hybridized carbons (Fsp3) is 0. The lowest BCUT2D eigenvalue weighted by Gasteiger charge is -2.15. The fourth-order valence-corrected chi connectivity index (χ4v) is 22.1. The van der Waals surface area contributed by atoms with Gasteiger partial charge in [0.15, 0.2) is 0 Å². The number of para-hydroxylation sites is 6. The van der Waals surface area contributed by atoms with Crippen molar-refractivity contribution < 1.29 is 0 Å². The molecule has 0 bridgehead atoms. The Morgan fingerprint density at radius 3 is 0.644 bits per heavy atom. The number of nitrogens with zero attached hydrogens (tertiary/aromatic N) is 6. The van der Waals surface area contributed by atoms with Gasteiger partial charge in [-0.25, -0.2) is 0 Å². The van der Waals surface area contributed by atoms with Crippen molar-refractivity contribution in [2.75, 3.05) is 0 Å². The molecule has 0 saturated carbocycles. The van der Waals surface area contributed by atoms with E-state index in [9.17, 15) is 0 Å². The van der Waals surface area contributed by atoms with Gasteiger partial charge in [-0.15, -0.1) is 0 Å². The van der Waals surface area contributed by atoms with Crippen molar-refractivity contribution in [1.82, 2.24) is 27.4 Å². The number of benzene rings is 23. The van der Waals surface area contributed by atoms with Crippen LogP contribution in [-0.4, -0.2) is 27.4 Å². The lowest BCUT2D eigenvalue weighted by atomic mass is 9.92. The SMILES string of the molecule is c1ccc(-c2ccc3c4ccc(-n5c6ccccc6c6ccc7c(ccn7-c7ccccc7)c65)cc4c4ccccc4c3c2)cc1.c1ccc(-n2ccc3c2ccc2c4ccccc4n(-c4ccc(-c5ccc6c7ccccc7c7ccccc7c6c5)cc4)c23)cc1.c1ccc(-n2ccc3c2ccc2c4ccccc4n(-c4ccc5c6ccccc6c6ccccc6c5c4)c23)cc1. The molecule has 6 nitrogen and oxygen atoms in total. The number of hydrogen-bond donors (Lipinski definition) is 0. The Hall–Kier alpha value is -17.6. The van der Waals surface area contributed by atoms with Gasteiger partial charge in [0.25, 0.3) is 0 Å². The van der Waals surface area contributed by atoms with Crippen LogP contribution < -0.4 is 0 Å². The fourth-order valence-electron chi connectivity index (χ4n) is 22.1. The van der Waals surface area contributed by atoms with Crippen LogP contribution in [0.2, 0.25) is 0 Å². The van der Waals surface area contributed by atoms with E-state index in [4.69, 9.17) is 0 Å². The highest BCUT2D eigenvalue weighted by atomic mass is 15.0. The number of aromatic nitrogens is 6. The maximum absolute atomic E-state index is 2.47. The summed E-state index contributed by atoms with van der Waals surface area (Å²) in [5.41, 5.74) is 22.9. The molecule has 29 aromatic rings. The zero-order chi connectivity index (χ0) is 86.6. The van der Waals surface area contributed by atoms with Crippen LogP contribution in [0.25, 0.3) is 251 Å². The molecule has 0 N–H and O–H groups in total. The Labute approximate surface area is 759 Å². The minimum Gasteiger partial charge on any atom is -0.316 e. The van der Waals surface area contributed by atoms with E-state index in [-0.39, 0.29) is 0 Å². The zero-order valence-corrected chi connectivity index (χ0v) is 71.9. The topological polar surface area (TPSA) is 29.6 Å². The van der Waals surface area contributed by atoms with Gasteiger partial charge in [-0.05, 0) is 259 Å². The number of hydrogen-bond acceptors (Lipinski definition) is 0. The maximum atomic E-state index is 2.47. The molecule has 0 unspecified atom stereocenters. The number of rotatable bonds is 8. The Morgan fingerprint density at radius 1 is 0.106 bits per heavy atom. The van der Waals surface area contributed by atoms with Crippen molar-refractivity contribution in [3.8, 4) is 56.4 Å². The van der Waals surface area contributed by atoms with Crippen LogP contribution >= 0.6 is 0 Å². The predicted octanol–water partition coefficient (Wildman–Crippen LogP) is 33.9. The van der Waals surface area contributed by atoms with Crippen LogP contribution in [0.4, 0.5) is 0 Å². The molecule has 0 radical (unpaired) electrons. The van der Waals surface area contributed by atoms with Crippen molar-refractivity contribution in [2.45, 2.75) is 0 Å². The van der Waals surface area contributed by atoms with E-state index in [0.29, 0.717) is 0 Å². The second kappa shape index (κ2) is 30.0. The molecule has 132 heavy (non-hydrogen) atoms. The summed E-state index contributed by atoms with van der Waals surface area (Å²) >= 11 is 0. The highest BCUT2D eigenvalue weighted by Gasteiger charge is 2.24. The Kier molecular flexibility index (Phi) is 17.0. The van der Waals surface area contributed by atoms with E-state index in [1.165, 1.54) is 246 Å². The lowest BCUT2D eigenvalue weighted by Crippen LogP contribution is -1.96. The average molecular weight is 1680 g/mol. The molecule has 0 atom stereocenters. The van der Waals surface area contributed by atoms with Crippen molar-refractivity contribution in [3.05, 3.63) is 486 Å². The molecule has 0 amide bonds. The van der Waals surface area contributed by atoms with Gasteiger partial charge in [0.1, 0.15) is 0 Å². The predicted molar refractivity (Wildman–Crippen MR) is 561 cm³/mol. The summed E-state index contributed by atoms with van der Waals surface area (Å²) < 4.78 is 14.2. The average Bonchev–Trinajstić information content (AvgIpc) is 1.62. The van der Waals surface area contributed by atoms with Gasteiger partial charge < -0.3 is 27.4 Å². The second-order valence-electron chi connectivity index (χ2n) is 34.9. The summed E-state index contributed by atoms with van der Waals surface area (Å²) in [7, 11) is 0. The largest absolute Gasteiger partial charge is 0.316 e. The molecule has 0 aliphatic heterocycles. The van der Waals surface area contributed by atoms with E-state index in [1.54, 1.807) is 0 Å². The summed E-state index contributed by atoms with van der Waals surface area (Å²) in [5.74, 6) is 0. The molecule has 6 heteroatoms. The first kappa shape index (κ1) is 74.6. The minimum atomic E-state index is 1.16. The molecule has 614 valence electrons. The summed E-state index contributed by atoms with van der Waals surface area (Å²) in [6.07, 6.45) is 6.59. The van der Waals surface area contributed by atoms with Crippen LogP contribution in [0, 0.1) is 0 Å². The Bertz CT molecular complexity index is 9680. The molecule has 0 spiro atoms. The molecule has 0 aliphatic rings. The molecule has 29 rings (SSSR count). The molecule has 6 heterocycles. The molecule has 0 fully saturated rings. The zero-order valence-electron chi connectivity index (χ0n) is 71.9. The molecule has 23 aromatic carbocycles. The van der Waals surface area contributed by atoms with Gasteiger partial charge in [-0.3, -0.25) is 0 Å². The normalized spacial score (nSPS) is 11.9. The van der Waals surface area contributed by atoms with Gasteiger partial charge in [0.2, 0.25) is 0 Å². The van der Waals surface area contributed by atoms with Crippen LogP contribution in [0.5, 0.6) is 0 Å². The first-order valence-corrected chi connectivity index (χ1v) is 45.5. The lowest BCUT2D eigenvalue weighted by molar-refractivity contribution is 1.13. The van der Waals surface area contributed by atoms with Gasteiger partial charge in [0.05, 0.1) is 49.7 Å². The smallest absolute Gasteiger partial charge is 0.0635 e. The summed E-state index contributed by atoms with van der Waals surface area (Å²) in [6.45, 7) is 0. The van der Waals surface area contributed by atoms with Crippen LogP contribution in [-0.2, 0) is 0 Å². The summed E-state index contributed by atoms with van der Waals surface area (Å²) in [5, 5.41) is 34.6. The molecule has 0 saturated heterocycles. The first-order chi connectivity index (χ1) is 65.5. The monoisotopic (exact) mass is 1680 g/mol. The third kappa shape index (κ3) is 11.6. The van der Waals surface area contributed by atoms with Crippen LogP contribution in [0.15, 0.2) is 486 Å². The highest BCUT2D eigenvalue weighted by molar-refractivity contribution is 6.30. The third-order valence-corrected chi connectivity index (χ3v) is 28.0. The molecule has 6 aromatic heterocycles. The van der Waals surface area contributed by atoms with E-state index >= 15 is 0 Å². The molecular formula is C126H80N6. The van der Waals surface area contributed by atoms with E-state index < -0.39 is 0 Å². The minimum absolute atomic E-state index is 1.16. The van der Waals surface area contributed by atoms with Gasteiger partial charge in [-0.1, -0.05) is 328 Å². The van der Waals surface area contributed by atoms with E-state index in [0.717, 1.165) is 5.69 Å². The second-order valence-corrected chi connectivity index (χ2v) is 34.9. The van der Waals surface area contributed by atoms with Crippen molar-refractivity contribution in [1.29, 1.82) is 0 Å². The molecular weight excluding hydrogens is 1600 g/mol. The highest BCUT2D eigenvalue weighted by Crippen LogP contribution is 2.47. The van der Waals surface area contributed by atoms with Gasteiger partial charge >= 0.3 is 0 Å². The van der Waals surface area contributed by atoms with Gasteiger partial charge in [0, 0.05) is 101 Å². The van der Waals surface area contributed by atoms with Gasteiger partial charge in [-0.2, -0.15) is 0 Å². The number of fused-ring (bicyclic) bond motifs is 33. The van der Waals surface area contributed by atoms with E-state index in [2.05, 4.69) is 513 Å². The van der Waals surface area contributed by atoms with Crippen LogP contribution in [0.3, 0.4) is 0 Å². The van der Waals surface area contributed by atoms with E-state index in [1.807, 2.05) is 0 Å². The molecule has 0 aliphatic carbocycles. The van der Waals surface area contributed by atoms with Crippen LogP contribution in [0.1, 0.15) is 0 Å². The standard InChI is InChI=1S/2C44H28N2.C38H24N2/c1-3-11-29(12-4-1)30-19-21-35-36-22-20-32(28-41(36)34-16-8-7-15-33(34)40(35)27-30)46-43-18-10-9-17-37(43)38-23-24-42-39(44(38)46)25-26-45(42)31-13-5-2-6-14-31;1-2-10-31(11-3-1)45-27-26-40-42(45)25-24-39-38-16-8-9-17-43(38)46(44(39)40)32-21-18-29(19-22-32)30-20-23-37-35-14-5-4-12-33(35)34-13-6-7-15-36(34)41(37)28-30;1-2-10-25(11-3-1)39-23-22-34-36(39)21-20-33-32-16-8-9-17-37(32)40(38(33)34)26-18-19-31-29-14-5-4-12-27(29)28-13-6-7-15-30(28)35(31)24-26/h2*1-28H;1-24H. The maximum Gasteiger partial charge on any atom is 0.0635 e. The Morgan fingerprint density at radius 2 is 0.326 bits per heavy atom. The third-order valence-electron chi connectivity index (χ3n) is 28.0. The summed E-state index contributed by atoms with van der Waals surface area (Å²) in [6, 6.07) is 170.